The van der Waals surface area contributed by atoms with Crippen molar-refractivity contribution in [1.29, 1.82) is 0 Å². The predicted molar refractivity (Wildman–Crippen MR) is 56.3 cm³/mol. The van der Waals surface area contributed by atoms with Crippen LogP contribution in [0.15, 0.2) is 21.1 Å². The summed E-state index contributed by atoms with van der Waals surface area (Å²) in [5, 5.41) is 0. The van der Waals surface area contributed by atoms with E-state index in [0.29, 0.717) is 6.54 Å². The maximum atomic E-state index is 5.50. The molecule has 2 N–H and O–H groups in total. The van der Waals surface area contributed by atoms with E-state index in [1.54, 1.807) is 7.11 Å². The van der Waals surface area contributed by atoms with E-state index in [2.05, 4.69) is 31.9 Å². The first-order valence-electron chi connectivity index (χ1n) is 3.41. The standard InChI is InChI=1S/C8H9Br2NO/c1-12-8-6(9)2-5(4-11)3-7(8)10/h2-3H,4,11H2,1H3. The third kappa shape index (κ3) is 2.00. The minimum Gasteiger partial charge on any atom is -0.494 e. The van der Waals surface area contributed by atoms with Crippen molar-refractivity contribution in [2.75, 3.05) is 7.11 Å². The van der Waals surface area contributed by atoms with Crippen LogP contribution in [0.25, 0.3) is 0 Å². The van der Waals surface area contributed by atoms with E-state index in [4.69, 9.17) is 10.5 Å². The Labute approximate surface area is 88.3 Å². The van der Waals surface area contributed by atoms with Gasteiger partial charge in [-0.05, 0) is 49.6 Å². The molecular weight excluding hydrogens is 286 g/mol. The molecule has 0 aliphatic carbocycles. The average Bonchev–Trinajstić information content (AvgIpc) is 2.03. The molecule has 0 unspecified atom stereocenters. The van der Waals surface area contributed by atoms with Crippen molar-refractivity contribution in [1.82, 2.24) is 0 Å². The monoisotopic (exact) mass is 293 g/mol. The number of benzene rings is 1. The Morgan fingerprint density at radius 1 is 1.33 bits per heavy atom. The minimum absolute atomic E-state index is 0.529. The molecule has 0 aromatic heterocycles. The van der Waals surface area contributed by atoms with Gasteiger partial charge in [0.1, 0.15) is 5.75 Å². The molecule has 1 aromatic rings. The Morgan fingerprint density at radius 3 is 2.17 bits per heavy atom. The molecule has 0 saturated heterocycles. The fraction of sp³-hybridized carbons (Fsp3) is 0.250. The summed E-state index contributed by atoms with van der Waals surface area (Å²) >= 11 is 6.78. The maximum Gasteiger partial charge on any atom is 0.147 e. The van der Waals surface area contributed by atoms with E-state index < -0.39 is 0 Å². The number of nitrogens with two attached hydrogens (primary N) is 1. The van der Waals surface area contributed by atoms with Gasteiger partial charge < -0.3 is 10.5 Å². The van der Waals surface area contributed by atoms with Gasteiger partial charge in [-0.3, -0.25) is 0 Å². The molecule has 0 amide bonds. The number of rotatable bonds is 2. The Balaban J connectivity index is 3.18. The number of ether oxygens (including phenoxy) is 1. The minimum atomic E-state index is 0.529. The van der Waals surface area contributed by atoms with Gasteiger partial charge in [0, 0.05) is 6.54 Å². The van der Waals surface area contributed by atoms with Gasteiger partial charge >= 0.3 is 0 Å². The molecule has 1 rings (SSSR count). The van der Waals surface area contributed by atoms with E-state index in [0.717, 1.165) is 20.3 Å². The second-order valence-corrected chi connectivity index (χ2v) is 4.01. The highest BCUT2D eigenvalue weighted by molar-refractivity contribution is 9.11. The van der Waals surface area contributed by atoms with Gasteiger partial charge in [-0.15, -0.1) is 0 Å². The molecule has 0 spiro atoms. The molecule has 0 aliphatic rings. The van der Waals surface area contributed by atoms with E-state index >= 15 is 0 Å². The highest BCUT2D eigenvalue weighted by Gasteiger charge is 2.06. The van der Waals surface area contributed by atoms with Gasteiger partial charge in [-0.2, -0.15) is 0 Å². The highest BCUT2D eigenvalue weighted by atomic mass is 79.9. The molecule has 0 fully saturated rings. The SMILES string of the molecule is COc1c(Br)cc(CN)cc1Br. The summed E-state index contributed by atoms with van der Waals surface area (Å²) in [4.78, 5) is 0. The van der Waals surface area contributed by atoms with Crippen LogP contribution in [0.2, 0.25) is 0 Å². The van der Waals surface area contributed by atoms with Crippen molar-refractivity contribution in [2.45, 2.75) is 6.54 Å². The smallest absolute Gasteiger partial charge is 0.147 e. The van der Waals surface area contributed by atoms with E-state index in [1.807, 2.05) is 12.1 Å². The summed E-state index contributed by atoms with van der Waals surface area (Å²) in [7, 11) is 1.63. The van der Waals surface area contributed by atoms with Crippen molar-refractivity contribution in [3.05, 3.63) is 26.6 Å². The molecule has 0 aliphatic heterocycles. The zero-order valence-corrected chi connectivity index (χ0v) is 9.78. The lowest BCUT2D eigenvalue weighted by Crippen LogP contribution is -1.97. The van der Waals surface area contributed by atoms with E-state index in [1.165, 1.54) is 0 Å². The molecule has 66 valence electrons. The van der Waals surface area contributed by atoms with Crippen LogP contribution in [-0.2, 0) is 6.54 Å². The van der Waals surface area contributed by atoms with Gasteiger partial charge in [0.05, 0.1) is 16.1 Å². The van der Waals surface area contributed by atoms with Crippen LogP contribution >= 0.6 is 31.9 Å². The summed E-state index contributed by atoms with van der Waals surface area (Å²) in [5.74, 6) is 0.798. The third-order valence-electron chi connectivity index (χ3n) is 1.50. The number of halogens is 2. The number of methoxy groups -OCH3 is 1. The van der Waals surface area contributed by atoms with Crippen LogP contribution in [0.4, 0.5) is 0 Å². The quantitative estimate of drug-likeness (QED) is 0.910. The molecule has 0 bridgehead atoms. The first-order valence-corrected chi connectivity index (χ1v) is 4.99. The molecule has 4 heteroatoms. The lowest BCUT2D eigenvalue weighted by Gasteiger charge is -2.07. The van der Waals surface area contributed by atoms with Crippen LogP contribution < -0.4 is 10.5 Å². The van der Waals surface area contributed by atoms with Crippen molar-refractivity contribution in [2.24, 2.45) is 5.73 Å². The van der Waals surface area contributed by atoms with Crippen LogP contribution in [0.3, 0.4) is 0 Å². The fourth-order valence-electron chi connectivity index (χ4n) is 0.925. The molecule has 0 radical (unpaired) electrons. The van der Waals surface area contributed by atoms with Crippen molar-refractivity contribution in [3.8, 4) is 5.75 Å². The number of hydrogen-bond donors (Lipinski definition) is 1. The molecule has 2 nitrogen and oxygen atoms in total. The lowest BCUT2D eigenvalue weighted by molar-refractivity contribution is 0.409. The van der Waals surface area contributed by atoms with Crippen molar-refractivity contribution in [3.63, 3.8) is 0 Å². The zero-order chi connectivity index (χ0) is 9.14. The Hall–Kier alpha value is -0.0600. The second-order valence-electron chi connectivity index (χ2n) is 2.30. The molecular formula is C8H9Br2NO. The van der Waals surface area contributed by atoms with Crippen molar-refractivity contribution < 1.29 is 4.74 Å². The molecule has 0 atom stereocenters. The molecule has 1 aromatic carbocycles. The first kappa shape index (κ1) is 10.0. The summed E-state index contributed by atoms with van der Waals surface area (Å²) in [6.45, 7) is 0.529. The van der Waals surface area contributed by atoms with Gasteiger partial charge in [0.25, 0.3) is 0 Å². The van der Waals surface area contributed by atoms with E-state index in [-0.39, 0.29) is 0 Å². The normalized spacial score (nSPS) is 10.0. The van der Waals surface area contributed by atoms with Crippen LogP contribution in [0.1, 0.15) is 5.56 Å². The topological polar surface area (TPSA) is 35.2 Å². The second kappa shape index (κ2) is 4.25. The predicted octanol–water partition coefficient (Wildman–Crippen LogP) is 2.68. The van der Waals surface area contributed by atoms with E-state index in [9.17, 15) is 0 Å². The van der Waals surface area contributed by atoms with Crippen LogP contribution in [0.5, 0.6) is 5.75 Å². The summed E-state index contributed by atoms with van der Waals surface area (Å²) in [5.41, 5.74) is 6.56. The summed E-state index contributed by atoms with van der Waals surface area (Å²) in [6, 6.07) is 3.90. The molecule has 0 saturated carbocycles. The van der Waals surface area contributed by atoms with Gasteiger partial charge in [0.15, 0.2) is 0 Å². The van der Waals surface area contributed by atoms with Crippen molar-refractivity contribution >= 4 is 31.9 Å². The Morgan fingerprint density at radius 2 is 1.83 bits per heavy atom. The van der Waals surface area contributed by atoms with Crippen LogP contribution in [-0.4, -0.2) is 7.11 Å². The maximum absolute atomic E-state index is 5.50. The lowest BCUT2D eigenvalue weighted by atomic mass is 10.2. The average molecular weight is 295 g/mol. The summed E-state index contributed by atoms with van der Waals surface area (Å²) in [6.07, 6.45) is 0. The third-order valence-corrected chi connectivity index (χ3v) is 2.68. The molecule has 0 heterocycles. The van der Waals surface area contributed by atoms with Gasteiger partial charge in [-0.25, -0.2) is 0 Å². The molecule has 12 heavy (non-hydrogen) atoms. The highest BCUT2D eigenvalue weighted by Crippen LogP contribution is 2.34. The first-order chi connectivity index (χ1) is 5.69. The van der Waals surface area contributed by atoms with Gasteiger partial charge in [0.2, 0.25) is 0 Å². The zero-order valence-electron chi connectivity index (χ0n) is 6.60. The van der Waals surface area contributed by atoms with Crippen LogP contribution in [0, 0.1) is 0 Å². The van der Waals surface area contributed by atoms with Gasteiger partial charge in [-0.1, -0.05) is 0 Å². The number of hydrogen-bond acceptors (Lipinski definition) is 2. The Bertz CT molecular complexity index is 265. The largest absolute Gasteiger partial charge is 0.494 e. The fourth-order valence-corrected chi connectivity index (χ4v) is 2.53. The summed E-state index contributed by atoms with van der Waals surface area (Å²) < 4.78 is 6.97. The Kier molecular flexibility index (Phi) is 3.55.